The molecule has 1 N–H and O–H groups in total. The van der Waals surface area contributed by atoms with Crippen molar-refractivity contribution < 1.29 is 26.4 Å². The lowest BCUT2D eigenvalue weighted by atomic mass is 10.1. The Bertz CT molecular complexity index is 900. The largest absolute Gasteiger partial charge is 0.350 e. The van der Waals surface area contributed by atoms with Crippen molar-refractivity contribution in [2.75, 3.05) is 20.6 Å². The molecule has 0 fully saturated rings. The van der Waals surface area contributed by atoms with Gasteiger partial charge in [0.05, 0.1) is 10.9 Å². The van der Waals surface area contributed by atoms with Crippen LogP contribution in [0.3, 0.4) is 0 Å². The third-order valence-electron chi connectivity index (χ3n) is 3.99. The zero-order chi connectivity index (χ0) is 20.2. The standard InChI is InChI=1S/C18H19F3N2O3S/c1-23(2)16(13-4-3-5-14(19)10-13)11-22-17(24)12-6-8-15(9-7-12)27(25,26)18(20)21/h3-10,16,18H,11H2,1-2H3,(H,22,24). The van der Waals surface area contributed by atoms with Gasteiger partial charge in [0.2, 0.25) is 9.84 Å². The number of amides is 1. The zero-order valence-corrected chi connectivity index (χ0v) is 15.5. The van der Waals surface area contributed by atoms with Crippen LogP contribution in [-0.2, 0) is 9.84 Å². The summed E-state index contributed by atoms with van der Waals surface area (Å²) in [6.45, 7) is 0.173. The molecule has 0 heterocycles. The number of hydrogen-bond donors (Lipinski definition) is 1. The fourth-order valence-electron chi connectivity index (χ4n) is 2.50. The van der Waals surface area contributed by atoms with Crippen molar-refractivity contribution >= 4 is 15.7 Å². The number of hydrogen-bond acceptors (Lipinski definition) is 4. The minimum absolute atomic E-state index is 0.125. The number of alkyl halides is 2. The molecule has 1 amide bonds. The van der Waals surface area contributed by atoms with Gasteiger partial charge in [-0.15, -0.1) is 0 Å². The predicted molar refractivity (Wildman–Crippen MR) is 94.8 cm³/mol. The maximum atomic E-state index is 13.4. The van der Waals surface area contributed by atoms with Crippen molar-refractivity contribution in [1.29, 1.82) is 0 Å². The van der Waals surface area contributed by atoms with Gasteiger partial charge in [-0.2, -0.15) is 8.78 Å². The molecule has 0 saturated heterocycles. The van der Waals surface area contributed by atoms with Crippen molar-refractivity contribution in [1.82, 2.24) is 10.2 Å². The van der Waals surface area contributed by atoms with Crippen molar-refractivity contribution in [2.24, 2.45) is 0 Å². The average Bonchev–Trinajstić information content (AvgIpc) is 2.61. The maximum Gasteiger partial charge on any atom is 0.341 e. The summed E-state index contributed by atoms with van der Waals surface area (Å²) < 4.78 is 61.3. The van der Waals surface area contributed by atoms with Crippen LogP contribution < -0.4 is 5.32 Å². The lowest BCUT2D eigenvalue weighted by Crippen LogP contribution is -2.34. The van der Waals surface area contributed by atoms with Crippen LogP contribution in [0.25, 0.3) is 0 Å². The number of likely N-dealkylation sites (N-methyl/N-ethyl adjacent to an activating group) is 1. The highest BCUT2D eigenvalue weighted by Crippen LogP contribution is 2.20. The first-order valence-corrected chi connectivity index (χ1v) is 9.49. The first-order chi connectivity index (χ1) is 12.6. The number of nitrogens with zero attached hydrogens (tertiary/aromatic N) is 1. The summed E-state index contributed by atoms with van der Waals surface area (Å²) in [6.07, 6.45) is 0. The van der Waals surface area contributed by atoms with Gasteiger partial charge in [0, 0.05) is 12.1 Å². The van der Waals surface area contributed by atoms with Gasteiger partial charge in [-0.1, -0.05) is 12.1 Å². The summed E-state index contributed by atoms with van der Waals surface area (Å²) in [5.74, 6) is -4.41. The lowest BCUT2D eigenvalue weighted by Gasteiger charge is -2.25. The molecule has 0 aliphatic heterocycles. The first-order valence-electron chi connectivity index (χ1n) is 7.95. The Balaban J connectivity index is 2.10. The van der Waals surface area contributed by atoms with E-state index < -0.39 is 26.4 Å². The Morgan fingerprint density at radius 3 is 2.26 bits per heavy atom. The van der Waals surface area contributed by atoms with E-state index in [0.717, 1.165) is 24.3 Å². The van der Waals surface area contributed by atoms with Crippen LogP contribution in [-0.4, -0.2) is 45.6 Å². The van der Waals surface area contributed by atoms with Crippen LogP contribution in [0, 0.1) is 5.82 Å². The Kier molecular flexibility index (Phi) is 6.61. The Hall–Kier alpha value is -2.39. The van der Waals surface area contributed by atoms with Gasteiger partial charge in [0.25, 0.3) is 5.91 Å². The number of sulfone groups is 1. The van der Waals surface area contributed by atoms with Crippen LogP contribution in [0.5, 0.6) is 0 Å². The summed E-state index contributed by atoms with van der Waals surface area (Å²) in [7, 11) is -1.14. The molecule has 0 bridgehead atoms. The fraction of sp³-hybridized carbons (Fsp3) is 0.278. The summed E-state index contributed by atoms with van der Waals surface area (Å²) in [5, 5.41) is 2.68. The van der Waals surface area contributed by atoms with E-state index in [-0.39, 0.29) is 24.0 Å². The van der Waals surface area contributed by atoms with Crippen molar-refractivity contribution in [2.45, 2.75) is 16.7 Å². The molecule has 2 aromatic rings. The highest BCUT2D eigenvalue weighted by Gasteiger charge is 2.26. The fourth-order valence-corrected chi connectivity index (χ4v) is 3.22. The molecular weight excluding hydrogens is 381 g/mol. The van der Waals surface area contributed by atoms with Gasteiger partial charge in [-0.3, -0.25) is 4.79 Å². The molecule has 146 valence electrons. The number of carbonyl (C=O) groups is 1. The molecule has 0 saturated carbocycles. The number of nitrogens with one attached hydrogen (secondary N) is 1. The Labute approximate surface area is 155 Å². The highest BCUT2D eigenvalue weighted by atomic mass is 32.2. The molecular formula is C18H19F3N2O3S. The second-order valence-corrected chi connectivity index (χ2v) is 7.99. The Morgan fingerprint density at radius 1 is 1.11 bits per heavy atom. The number of rotatable bonds is 7. The molecule has 9 heteroatoms. The number of halogens is 3. The van der Waals surface area contributed by atoms with E-state index in [0.29, 0.717) is 5.56 Å². The number of benzene rings is 2. The quantitative estimate of drug-likeness (QED) is 0.776. The van der Waals surface area contributed by atoms with Crippen molar-refractivity contribution in [3.05, 3.63) is 65.5 Å². The summed E-state index contributed by atoms with van der Waals surface area (Å²) >= 11 is 0. The van der Waals surface area contributed by atoms with Crippen LogP contribution in [0.4, 0.5) is 13.2 Å². The van der Waals surface area contributed by atoms with Crippen LogP contribution >= 0.6 is 0 Å². The predicted octanol–water partition coefficient (Wildman–Crippen LogP) is 2.85. The molecule has 0 aliphatic rings. The third-order valence-corrected chi connectivity index (χ3v) is 5.39. The SMILES string of the molecule is CN(C)C(CNC(=O)c1ccc(S(=O)(=O)C(F)F)cc1)c1cccc(F)c1. The van der Waals surface area contributed by atoms with E-state index in [1.54, 1.807) is 26.2 Å². The van der Waals surface area contributed by atoms with Gasteiger partial charge < -0.3 is 10.2 Å². The monoisotopic (exact) mass is 400 g/mol. The Morgan fingerprint density at radius 2 is 1.74 bits per heavy atom. The van der Waals surface area contributed by atoms with E-state index in [2.05, 4.69) is 5.32 Å². The van der Waals surface area contributed by atoms with E-state index >= 15 is 0 Å². The van der Waals surface area contributed by atoms with Crippen LogP contribution in [0.2, 0.25) is 0 Å². The van der Waals surface area contributed by atoms with Gasteiger partial charge in [-0.05, 0) is 56.1 Å². The highest BCUT2D eigenvalue weighted by molar-refractivity contribution is 7.91. The van der Waals surface area contributed by atoms with E-state index in [4.69, 9.17) is 0 Å². The smallest absolute Gasteiger partial charge is 0.341 e. The van der Waals surface area contributed by atoms with Gasteiger partial charge in [-0.25, -0.2) is 12.8 Å². The van der Waals surface area contributed by atoms with Gasteiger partial charge >= 0.3 is 5.76 Å². The molecule has 0 aliphatic carbocycles. The first kappa shape index (κ1) is 20.9. The van der Waals surface area contributed by atoms with Gasteiger partial charge in [0.1, 0.15) is 5.82 Å². The van der Waals surface area contributed by atoms with Crippen LogP contribution in [0.15, 0.2) is 53.4 Å². The molecule has 1 atom stereocenters. The molecule has 0 aromatic heterocycles. The summed E-state index contributed by atoms with van der Waals surface area (Å²) in [6, 6.07) is 9.98. The van der Waals surface area contributed by atoms with Gasteiger partial charge in [0.15, 0.2) is 0 Å². The number of carbonyl (C=O) groups excluding carboxylic acids is 1. The van der Waals surface area contributed by atoms with E-state index in [9.17, 15) is 26.4 Å². The molecule has 1 unspecified atom stereocenters. The zero-order valence-electron chi connectivity index (χ0n) is 14.7. The summed E-state index contributed by atoms with van der Waals surface area (Å²) in [5.41, 5.74) is 0.804. The molecule has 0 radical (unpaired) electrons. The van der Waals surface area contributed by atoms with Crippen molar-refractivity contribution in [3.63, 3.8) is 0 Å². The summed E-state index contributed by atoms with van der Waals surface area (Å²) in [4.78, 5) is 13.5. The normalized spacial score (nSPS) is 13.0. The topological polar surface area (TPSA) is 66.5 Å². The second kappa shape index (κ2) is 8.53. The van der Waals surface area contributed by atoms with E-state index in [1.807, 2.05) is 4.90 Å². The maximum absolute atomic E-state index is 13.4. The minimum atomic E-state index is -4.70. The van der Waals surface area contributed by atoms with Crippen molar-refractivity contribution in [3.8, 4) is 0 Å². The second-order valence-electron chi connectivity index (χ2n) is 6.07. The molecule has 0 spiro atoms. The third kappa shape index (κ3) is 5.08. The minimum Gasteiger partial charge on any atom is -0.350 e. The lowest BCUT2D eigenvalue weighted by molar-refractivity contribution is 0.0942. The molecule has 27 heavy (non-hydrogen) atoms. The average molecular weight is 400 g/mol. The molecule has 5 nitrogen and oxygen atoms in total. The van der Waals surface area contributed by atoms with Crippen LogP contribution in [0.1, 0.15) is 22.0 Å². The molecule has 2 rings (SSSR count). The van der Waals surface area contributed by atoms with E-state index in [1.165, 1.54) is 12.1 Å². The molecule has 2 aromatic carbocycles.